The van der Waals surface area contributed by atoms with Gasteiger partial charge < -0.3 is 14.2 Å². The van der Waals surface area contributed by atoms with Crippen LogP contribution in [0.3, 0.4) is 0 Å². The Morgan fingerprint density at radius 1 is 1.10 bits per heavy atom. The second kappa shape index (κ2) is 5.60. The van der Waals surface area contributed by atoms with Gasteiger partial charge >= 0.3 is 0 Å². The molecule has 5 heteroatoms. The average molecular weight is 289 g/mol. The van der Waals surface area contributed by atoms with Crippen LogP contribution >= 0.6 is 0 Å². The predicted octanol–water partition coefficient (Wildman–Crippen LogP) is 3.87. The van der Waals surface area contributed by atoms with E-state index >= 15 is 0 Å². The topological polar surface area (TPSA) is 40.6 Å². The predicted molar refractivity (Wildman–Crippen MR) is 75.6 cm³/mol. The molecule has 3 rings (SSSR count). The van der Waals surface area contributed by atoms with E-state index in [4.69, 9.17) is 14.2 Å². The number of nitrogens with zero attached hydrogens (tertiary/aromatic N) is 1. The van der Waals surface area contributed by atoms with Gasteiger partial charge in [-0.15, -0.1) is 0 Å². The Morgan fingerprint density at radius 3 is 2.62 bits per heavy atom. The molecule has 0 atom stereocenters. The molecular formula is C16H16FNO3. The lowest BCUT2D eigenvalue weighted by Crippen LogP contribution is -2.00. The summed E-state index contributed by atoms with van der Waals surface area (Å²) < 4.78 is 30.1. The van der Waals surface area contributed by atoms with E-state index in [0.717, 1.165) is 12.0 Å². The van der Waals surface area contributed by atoms with E-state index in [-0.39, 0.29) is 6.79 Å². The molecule has 0 spiro atoms. The largest absolute Gasteiger partial charge is 0.454 e. The fourth-order valence-corrected chi connectivity index (χ4v) is 2.21. The van der Waals surface area contributed by atoms with Crippen molar-refractivity contribution in [2.75, 3.05) is 6.79 Å². The lowest BCUT2D eigenvalue weighted by Gasteiger charge is -2.11. The maximum Gasteiger partial charge on any atom is 0.231 e. The number of aromatic nitrogens is 1. The molecule has 21 heavy (non-hydrogen) atoms. The van der Waals surface area contributed by atoms with Crippen molar-refractivity contribution in [3.05, 3.63) is 41.3 Å². The Kier molecular flexibility index (Phi) is 3.64. The number of hydrogen-bond acceptors (Lipinski definition) is 4. The lowest BCUT2D eigenvalue weighted by molar-refractivity contribution is 0.174. The Morgan fingerprint density at radius 2 is 1.86 bits per heavy atom. The van der Waals surface area contributed by atoms with Gasteiger partial charge in [-0.2, -0.15) is 9.37 Å². The van der Waals surface area contributed by atoms with Gasteiger partial charge in [-0.25, -0.2) is 0 Å². The first-order chi connectivity index (χ1) is 10.2. The molecule has 0 saturated heterocycles. The fourth-order valence-electron chi connectivity index (χ4n) is 2.21. The first kappa shape index (κ1) is 13.7. The first-order valence-electron chi connectivity index (χ1n) is 6.97. The van der Waals surface area contributed by atoms with E-state index in [1.165, 1.54) is 0 Å². The van der Waals surface area contributed by atoms with E-state index in [2.05, 4.69) is 4.98 Å². The second-order valence-corrected chi connectivity index (χ2v) is 4.73. The van der Waals surface area contributed by atoms with E-state index in [0.29, 0.717) is 35.1 Å². The molecule has 1 aromatic carbocycles. The smallest absolute Gasteiger partial charge is 0.231 e. The molecule has 1 aromatic heterocycles. The minimum atomic E-state index is -0.481. The maximum atomic E-state index is 13.9. The highest BCUT2D eigenvalue weighted by Gasteiger charge is 2.16. The van der Waals surface area contributed by atoms with Crippen LogP contribution in [-0.4, -0.2) is 11.8 Å². The Bertz CT molecular complexity index is 673. The third-order valence-electron chi connectivity index (χ3n) is 3.41. The molecule has 1 aliphatic rings. The summed E-state index contributed by atoms with van der Waals surface area (Å²) in [5, 5.41) is 0. The van der Waals surface area contributed by atoms with E-state index in [1.807, 2.05) is 19.9 Å². The zero-order valence-electron chi connectivity index (χ0n) is 12.0. The average Bonchev–Trinajstić information content (AvgIpc) is 2.95. The number of fused-ring (bicyclic) bond motifs is 1. The molecule has 0 saturated carbocycles. The SMILES string of the molecule is CCc1cc(CC)c(Oc2ccc3c(c2)OCO3)nc1F. The van der Waals surface area contributed by atoms with E-state index in [1.54, 1.807) is 18.2 Å². The molecule has 0 radical (unpaired) electrons. The van der Waals surface area contributed by atoms with Crippen LogP contribution in [0, 0.1) is 5.95 Å². The van der Waals surface area contributed by atoms with Crippen LogP contribution in [0.5, 0.6) is 23.1 Å². The molecule has 0 N–H and O–H groups in total. The van der Waals surface area contributed by atoms with Gasteiger partial charge in [0.15, 0.2) is 11.5 Å². The first-order valence-corrected chi connectivity index (χ1v) is 6.97. The highest BCUT2D eigenvalue weighted by molar-refractivity contribution is 5.48. The standard InChI is InChI=1S/C16H16FNO3/c1-3-10-7-11(4-2)16(18-15(10)17)21-12-5-6-13-14(8-12)20-9-19-13/h5-8H,3-4,9H2,1-2H3. The van der Waals surface area contributed by atoms with Crippen LogP contribution in [0.4, 0.5) is 4.39 Å². The summed E-state index contributed by atoms with van der Waals surface area (Å²) in [7, 11) is 0. The summed E-state index contributed by atoms with van der Waals surface area (Å²) in [5.74, 6) is 1.66. The third kappa shape index (κ3) is 2.63. The number of hydrogen-bond donors (Lipinski definition) is 0. The van der Waals surface area contributed by atoms with Gasteiger partial charge in [0.1, 0.15) is 5.75 Å². The molecule has 0 unspecified atom stereocenters. The van der Waals surface area contributed by atoms with Gasteiger partial charge in [0.25, 0.3) is 0 Å². The zero-order chi connectivity index (χ0) is 14.8. The Hall–Kier alpha value is -2.30. The molecule has 2 aromatic rings. The maximum absolute atomic E-state index is 13.9. The summed E-state index contributed by atoms with van der Waals surface area (Å²) in [5.41, 5.74) is 1.48. The number of ether oxygens (including phenoxy) is 3. The van der Waals surface area contributed by atoms with Crippen molar-refractivity contribution in [2.45, 2.75) is 26.7 Å². The van der Waals surface area contributed by atoms with Crippen LogP contribution in [0.1, 0.15) is 25.0 Å². The van der Waals surface area contributed by atoms with E-state index in [9.17, 15) is 4.39 Å². The van der Waals surface area contributed by atoms with Crippen molar-refractivity contribution in [3.8, 4) is 23.1 Å². The summed E-state index contributed by atoms with van der Waals surface area (Å²) >= 11 is 0. The molecule has 0 bridgehead atoms. The zero-order valence-corrected chi connectivity index (χ0v) is 12.0. The van der Waals surface area contributed by atoms with Gasteiger partial charge in [-0.05, 0) is 31.0 Å². The quantitative estimate of drug-likeness (QED) is 0.801. The Balaban J connectivity index is 1.92. The van der Waals surface area contributed by atoms with Gasteiger partial charge in [0, 0.05) is 17.2 Å². The van der Waals surface area contributed by atoms with Crippen LogP contribution in [0.15, 0.2) is 24.3 Å². The summed E-state index contributed by atoms with van der Waals surface area (Å²) in [6.45, 7) is 4.09. The second-order valence-electron chi connectivity index (χ2n) is 4.73. The minimum absolute atomic E-state index is 0.205. The van der Waals surface area contributed by atoms with Crippen LogP contribution in [-0.2, 0) is 12.8 Å². The van der Waals surface area contributed by atoms with Crippen molar-refractivity contribution >= 4 is 0 Å². The molecule has 1 aliphatic heterocycles. The van der Waals surface area contributed by atoms with Crippen LogP contribution in [0.25, 0.3) is 0 Å². The molecular weight excluding hydrogens is 273 g/mol. The van der Waals surface area contributed by atoms with Crippen molar-refractivity contribution in [1.82, 2.24) is 4.98 Å². The monoisotopic (exact) mass is 289 g/mol. The van der Waals surface area contributed by atoms with Gasteiger partial charge in [-0.3, -0.25) is 0 Å². The molecule has 0 fully saturated rings. The number of aryl methyl sites for hydroxylation is 2. The third-order valence-corrected chi connectivity index (χ3v) is 3.41. The normalized spacial score (nSPS) is 12.5. The number of rotatable bonds is 4. The molecule has 110 valence electrons. The summed E-state index contributed by atoms with van der Waals surface area (Å²) in [6, 6.07) is 7.04. The number of pyridine rings is 1. The Labute approximate surface area is 122 Å². The van der Waals surface area contributed by atoms with Crippen molar-refractivity contribution in [2.24, 2.45) is 0 Å². The van der Waals surface area contributed by atoms with Crippen molar-refractivity contribution in [3.63, 3.8) is 0 Å². The van der Waals surface area contributed by atoms with Crippen LogP contribution < -0.4 is 14.2 Å². The van der Waals surface area contributed by atoms with Crippen molar-refractivity contribution in [1.29, 1.82) is 0 Å². The minimum Gasteiger partial charge on any atom is -0.454 e. The lowest BCUT2D eigenvalue weighted by atomic mass is 10.1. The van der Waals surface area contributed by atoms with Gasteiger partial charge in [-0.1, -0.05) is 13.8 Å². The fraction of sp³-hybridized carbons (Fsp3) is 0.312. The van der Waals surface area contributed by atoms with Gasteiger partial charge in [0.2, 0.25) is 18.6 Å². The molecule has 0 amide bonds. The van der Waals surface area contributed by atoms with Gasteiger partial charge in [0.05, 0.1) is 0 Å². The highest BCUT2D eigenvalue weighted by Crippen LogP contribution is 2.37. The summed E-state index contributed by atoms with van der Waals surface area (Å²) in [4.78, 5) is 3.94. The molecule has 4 nitrogen and oxygen atoms in total. The van der Waals surface area contributed by atoms with E-state index < -0.39 is 5.95 Å². The number of benzene rings is 1. The number of halogens is 1. The molecule has 2 heterocycles. The summed E-state index contributed by atoms with van der Waals surface area (Å²) in [6.07, 6.45) is 1.33. The molecule has 0 aliphatic carbocycles. The van der Waals surface area contributed by atoms with Crippen molar-refractivity contribution < 1.29 is 18.6 Å². The van der Waals surface area contributed by atoms with Crippen LogP contribution in [0.2, 0.25) is 0 Å². The highest BCUT2D eigenvalue weighted by atomic mass is 19.1.